The average molecular weight is 308 g/mol. The number of halogens is 2. The van der Waals surface area contributed by atoms with Gasteiger partial charge in [-0.2, -0.15) is 10.5 Å². The van der Waals surface area contributed by atoms with Crippen LogP contribution in [0.15, 0.2) is 18.2 Å². The highest BCUT2D eigenvalue weighted by atomic mass is 35.5. The number of hydrogen-bond donors (Lipinski definition) is 0. The Bertz CT molecular complexity index is 602. The summed E-state index contributed by atoms with van der Waals surface area (Å²) < 4.78 is 0. The molecule has 20 heavy (non-hydrogen) atoms. The standard InChI is InChI=1S/C14H11Cl2N3O/c15-12-2-1-9(7-13(12)16)10-8-11(10)14(20)19(5-3-17)6-4-18/h1-2,7,10-11H,5-6,8H2/t10-,11+/m1/s1. The van der Waals surface area contributed by atoms with Crippen molar-refractivity contribution in [3.63, 3.8) is 0 Å². The van der Waals surface area contributed by atoms with Gasteiger partial charge in [0, 0.05) is 5.92 Å². The van der Waals surface area contributed by atoms with Crippen LogP contribution in [0.2, 0.25) is 10.0 Å². The first-order chi connectivity index (χ1) is 9.58. The second kappa shape index (κ2) is 6.13. The predicted molar refractivity (Wildman–Crippen MR) is 75.1 cm³/mol. The lowest BCUT2D eigenvalue weighted by atomic mass is 10.1. The molecule has 0 unspecified atom stereocenters. The summed E-state index contributed by atoms with van der Waals surface area (Å²) in [6.07, 6.45) is 0.712. The Balaban J connectivity index is 2.07. The van der Waals surface area contributed by atoms with Crippen LogP contribution in [-0.4, -0.2) is 23.9 Å². The average Bonchev–Trinajstić information content (AvgIpc) is 3.21. The van der Waals surface area contributed by atoms with E-state index in [2.05, 4.69) is 0 Å². The summed E-state index contributed by atoms with van der Waals surface area (Å²) in [6.45, 7) is -0.117. The summed E-state index contributed by atoms with van der Waals surface area (Å²) in [5.41, 5.74) is 0.964. The van der Waals surface area contributed by atoms with E-state index in [1.165, 1.54) is 4.90 Å². The number of nitrogens with zero attached hydrogens (tertiary/aromatic N) is 3. The Morgan fingerprint density at radius 3 is 2.45 bits per heavy atom. The van der Waals surface area contributed by atoms with Gasteiger partial charge in [0.1, 0.15) is 13.1 Å². The molecule has 0 spiro atoms. The van der Waals surface area contributed by atoms with Crippen molar-refractivity contribution in [2.24, 2.45) is 5.92 Å². The van der Waals surface area contributed by atoms with E-state index in [1.54, 1.807) is 12.1 Å². The molecule has 0 bridgehead atoms. The van der Waals surface area contributed by atoms with E-state index in [-0.39, 0.29) is 30.8 Å². The molecule has 1 saturated carbocycles. The van der Waals surface area contributed by atoms with Gasteiger partial charge in [-0.15, -0.1) is 0 Å². The smallest absolute Gasteiger partial charge is 0.228 e. The number of benzene rings is 1. The summed E-state index contributed by atoms with van der Waals surface area (Å²) in [5, 5.41) is 18.3. The zero-order chi connectivity index (χ0) is 14.7. The molecule has 6 heteroatoms. The van der Waals surface area contributed by atoms with E-state index in [9.17, 15) is 4.79 Å². The molecule has 0 aromatic heterocycles. The van der Waals surface area contributed by atoms with Crippen LogP contribution in [0.3, 0.4) is 0 Å². The van der Waals surface area contributed by atoms with Crippen LogP contribution in [0.4, 0.5) is 0 Å². The molecule has 0 aliphatic heterocycles. The van der Waals surface area contributed by atoms with Crippen molar-refractivity contribution in [1.29, 1.82) is 10.5 Å². The van der Waals surface area contributed by atoms with Gasteiger partial charge in [0.2, 0.25) is 5.91 Å². The fourth-order valence-electron chi connectivity index (χ4n) is 2.20. The number of rotatable bonds is 4. The molecule has 0 N–H and O–H groups in total. The molecule has 0 saturated heterocycles. The van der Waals surface area contributed by atoms with Crippen LogP contribution in [0.5, 0.6) is 0 Å². The Labute approximate surface area is 127 Å². The quantitative estimate of drug-likeness (QED) is 0.803. The van der Waals surface area contributed by atoms with Crippen LogP contribution in [0.1, 0.15) is 17.9 Å². The van der Waals surface area contributed by atoms with Crippen LogP contribution in [0.25, 0.3) is 0 Å². The summed E-state index contributed by atoms with van der Waals surface area (Å²) in [6, 6.07) is 9.13. The molecule has 1 amide bonds. The van der Waals surface area contributed by atoms with Gasteiger partial charge in [-0.1, -0.05) is 29.3 Å². The van der Waals surface area contributed by atoms with Crippen molar-refractivity contribution in [2.75, 3.05) is 13.1 Å². The van der Waals surface area contributed by atoms with Gasteiger partial charge in [-0.05, 0) is 30.0 Å². The van der Waals surface area contributed by atoms with Crippen molar-refractivity contribution in [1.82, 2.24) is 4.90 Å². The number of hydrogen-bond acceptors (Lipinski definition) is 3. The van der Waals surface area contributed by atoms with Gasteiger partial charge in [0.15, 0.2) is 0 Å². The minimum absolute atomic E-state index is 0.0585. The minimum atomic E-state index is -0.172. The maximum Gasteiger partial charge on any atom is 0.228 e. The fourth-order valence-corrected chi connectivity index (χ4v) is 2.50. The van der Waals surface area contributed by atoms with Crippen molar-refractivity contribution in [2.45, 2.75) is 12.3 Å². The molecule has 2 atom stereocenters. The Hall–Kier alpha value is -1.75. The van der Waals surface area contributed by atoms with Gasteiger partial charge in [-0.25, -0.2) is 0 Å². The second-order valence-corrected chi connectivity index (χ2v) is 5.45. The molecule has 2 rings (SSSR count). The molecular weight excluding hydrogens is 297 g/mol. The van der Waals surface area contributed by atoms with Gasteiger partial charge < -0.3 is 4.90 Å². The van der Waals surface area contributed by atoms with Crippen molar-refractivity contribution < 1.29 is 4.79 Å². The first-order valence-corrected chi connectivity index (χ1v) is 6.81. The third-order valence-electron chi connectivity index (χ3n) is 3.31. The zero-order valence-electron chi connectivity index (χ0n) is 10.5. The third kappa shape index (κ3) is 3.04. The maximum atomic E-state index is 12.2. The highest BCUT2D eigenvalue weighted by Crippen LogP contribution is 2.49. The summed E-state index contributed by atoms with van der Waals surface area (Å²) in [5.74, 6) is -0.227. The molecular formula is C14H11Cl2N3O. The maximum absolute atomic E-state index is 12.2. The van der Waals surface area contributed by atoms with Crippen molar-refractivity contribution in [3.05, 3.63) is 33.8 Å². The molecule has 1 fully saturated rings. The van der Waals surface area contributed by atoms with Gasteiger partial charge in [-0.3, -0.25) is 4.79 Å². The molecule has 102 valence electrons. The van der Waals surface area contributed by atoms with E-state index in [1.807, 2.05) is 18.2 Å². The summed E-state index contributed by atoms with van der Waals surface area (Å²) in [4.78, 5) is 13.5. The molecule has 1 aromatic rings. The monoisotopic (exact) mass is 307 g/mol. The van der Waals surface area contributed by atoms with E-state index < -0.39 is 0 Å². The Kier molecular flexibility index (Phi) is 4.49. The van der Waals surface area contributed by atoms with Crippen molar-refractivity contribution >= 4 is 29.1 Å². The Morgan fingerprint density at radius 1 is 1.25 bits per heavy atom. The van der Waals surface area contributed by atoms with Crippen LogP contribution >= 0.6 is 23.2 Å². The molecule has 4 nitrogen and oxygen atoms in total. The van der Waals surface area contributed by atoms with Crippen LogP contribution in [0, 0.1) is 28.6 Å². The van der Waals surface area contributed by atoms with Crippen LogP contribution < -0.4 is 0 Å². The normalized spacial score (nSPS) is 19.8. The second-order valence-electron chi connectivity index (χ2n) is 4.63. The lowest BCUT2D eigenvalue weighted by Gasteiger charge is -2.15. The number of carbonyl (C=O) groups excluding carboxylic acids is 1. The zero-order valence-corrected chi connectivity index (χ0v) is 12.0. The van der Waals surface area contributed by atoms with Crippen molar-refractivity contribution in [3.8, 4) is 12.1 Å². The largest absolute Gasteiger partial charge is 0.316 e. The fraction of sp³-hybridized carbons (Fsp3) is 0.357. The van der Waals surface area contributed by atoms with Gasteiger partial charge in [0.25, 0.3) is 0 Å². The highest BCUT2D eigenvalue weighted by Gasteiger charge is 2.45. The minimum Gasteiger partial charge on any atom is -0.316 e. The van der Waals surface area contributed by atoms with Gasteiger partial charge >= 0.3 is 0 Å². The van der Waals surface area contributed by atoms with E-state index in [0.29, 0.717) is 16.5 Å². The Morgan fingerprint density at radius 2 is 1.90 bits per heavy atom. The lowest BCUT2D eigenvalue weighted by molar-refractivity contribution is -0.131. The number of nitriles is 2. The summed E-state index contributed by atoms with van der Waals surface area (Å²) in [7, 11) is 0. The molecule has 1 aromatic carbocycles. The lowest BCUT2D eigenvalue weighted by Crippen LogP contribution is -2.33. The molecule has 0 heterocycles. The third-order valence-corrected chi connectivity index (χ3v) is 4.05. The van der Waals surface area contributed by atoms with E-state index >= 15 is 0 Å². The number of carbonyl (C=O) groups is 1. The first-order valence-electron chi connectivity index (χ1n) is 6.06. The molecule has 1 aliphatic rings. The first kappa shape index (κ1) is 14.7. The molecule has 0 radical (unpaired) electrons. The predicted octanol–water partition coefficient (Wildman–Crippen LogP) is 2.97. The van der Waals surface area contributed by atoms with Gasteiger partial charge in [0.05, 0.1) is 22.2 Å². The van der Waals surface area contributed by atoms with Crippen LogP contribution in [-0.2, 0) is 4.79 Å². The topological polar surface area (TPSA) is 67.9 Å². The SMILES string of the molecule is N#CCN(CC#N)C(=O)[C@H]1C[C@@H]1c1ccc(Cl)c(Cl)c1. The highest BCUT2D eigenvalue weighted by molar-refractivity contribution is 6.42. The van der Waals surface area contributed by atoms with E-state index in [4.69, 9.17) is 33.7 Å². The number of amides is 1. The molecule has 1 aliphatic carbocycles. The summed E-state index contributed by atoms with van der Waals surface area (Å²) >= 11 is 11.8. The van der Waals surface area contributed by atoms with E-state index in [0.717, 1.165) is 5.56 Å².